The van der Waals surface area contributed by atoms with Crippen molar-refractivity contribution in [2.45, 2.75) is 26.7 Å². The standard InChI is InChI=1S/C16H18N8O2/c1-9(2)13-12(19-23-24(13)15-14(17)21-26-22-15)16(25)20-18-8-11-6-4-10(3)5-7-11/h4-9H,1-3H3,(H2,17,21)(H,20,25)/b18-8+. The van der Waals surface area contributed by atoms with E-state index < -0.39 is 5.91 Å². The molecule has 10 nitrogen and oxygen atoms in total. The average Bonchev–Trinajstić information content (AvgIpc) is 3.22. The molecule has 1 amide bonds. The molecule has 0 spiro atoms. The number of rotatable bonds is 5. The summed E-state index contributed by atoms with van der Waals surface area (Å²) in [5.74, 6) is -0.328. The first-order valence-electron chi connectivity index (χ1n) is 7.91. The lowest BCUT2D eigenvalue weighted by atomic mass is 10.1. The highest BCUT2D eigenvalue weighted by Crippen LogP contribution is 2.22. The average molecular weight is 354 g/mol. The maximum Gasteiger partial charge on any atom is 0.293 e. The molecule has 0 saturated carbocycles. The van der Waals surface area contributed by atoms with Crippen LogP contribution in [0.1, 0.15) is 47.1 Å². The Balaban J connectivity index is 1.82. The fourth-order valence-electron chi connectivity index (χ4n) is 2.33. The second-order valence-electron chi connectivity index (χ2n) is 5.97. The van der Waals surface area contributed by atoms with E-state index in [0.29, 0.717) is 5.69 Å². The molecule has 0 aliphatic carbocycles. The first-order valence-corrected chi connectivity index (χ1v) is 7.91. The third-order valence-corrected chi connectivity index (χ3v) is 3.62. The fourth-order valence-corrected chi connectivity index (χ4v) is 2.33. The maximum absolute atomic E-state index is 12.5. The second-order valence-corrected chi connectivity index (χ2v) is 5.97. The molecule has 134 valence electrons. The molecular formula is C16H18N8O2. The number of nitrogens with one attached hydrogen (secondary N) is 1. The van der Waals surface area contributed by atoms with E-state index in [0.717, 1.165) is 11.1 Å². The molecule has 10 heteroatoms. The normalized spacial score (nSPS) is 11.4. The van der Waals surface area contributed by atoms with Crippen LogP contribution in [0.4, 0.5) is 5.82 Å². The molecule has 3 N–H and O–H groups in total. The lowest BCUT2D eigenvalue weighted by Gasteiger charge is -2.08. The number of carbonyl (C=O) groups excluding carboxylic acids is 1. The van der Waals surface area contributed by atoms with Gasteiger partial charge in [0.2, 0.25) is 11.6 Å². The molecule has 0 atom stereocenters. The van der Waals surface area contributed by atoms with Crippen LogP contribution >= 0.6 is 0 Å². The zero-order valence-corrected chi connectivity index (χ0v) is 14.5. The van der Waals surface area contributed by atoms with Crippen molar-refractivity contribution in [2.75, 3.05) is 5.73 Å². The number of hydrogen-bond acceptors (Lipinski definition) is 8. The van der Waals surface area contributed by atoms with Crippen molar-refractivity contribution in [3.8, 4) is 5.82 Å². The maximum atomic E-state index is 12.5. The Bertz CT molecular complexity index is 940. The predicted molar refractivity (Wildman–Crippen MR) is 94.0 cm³/mol. The monoisotopic (exact) mass is 354 g/mol. The minimum absolute atomic E-state index is 0.0566. The van der Waals surface area contributed by atoms with Gasteiger partial charge in [0.25, 0.3) is 5.91 Å². The third kappa shape index (κ3) is 3.43. The third-order valence-electron chi connectivity index (χ3n) is 3.62. The van der Waals surface area contributed by atoms with Crippen molar-refractivity contribution < 1.29 is 9.42 Å². The highest BCUT2D eigenvalue weighted by molar-refractivity contribution is 5.94. The van der Waals surface area contributed by atoms with Gasteiger partial charge in [-0.25, -0.2) is 10.1 Å². The molecule has 26 heavy (non-hydrogen) atoms. The lowest BCUT2D eigenvalue weighted by molar-refractivity contribution is 0.0948. The Kier molecular flexibility index (Phi) is 4.74. The number of anilines is 1. The molecular weight excluding hydrogens is 336 g/mol. The van der Waals surface area contributed by atoms with Crippen LogP contribution in [0.25, 0.3) is 5.82 Å². The Morgan fingerprint density at radius 1 is 1.31 bits per heavy atom. The van der Waals surface area contributed by atoms with E-state index in [1.807, 2.05) is 45.0 Å². The van der Waals surface area contributed by atoms with Gasteiger partial charge in [-0.1, -0.05) is 48.9 Å². The number of hydrogen-bond donors (Lipinski definition) is 2. The summed E-state index contributed by atoms with van der Waals surface area (Å²) < 4.78 is 5.93. The number of aryl methyl sites for hydroxylation is 1. The number of amides is 1. The summed E-state index contributed by atoms with van der Waals surface area (Å²) in [4.78, 5) is 12.5. The highest BCUT2D eigenvalue weighted by atomic mass is 16.6. The van der Waals surface area contributed by atoms with Crippen LogP contribution in [0.5, 0.6) is 0 Å². The first-order chi connectivity index (χ1) is 12.5. The number of benzene rings is 1. The van der Waals surface area contributed by atoms with Crippen molar-refractivity contribution in [3.05, 3.63) is 46.8 Å². The van der Waals surface area contributed by atoms with Gasteiger partial charge >= 0.3 is 0 Å². The van der Waals surface area contributed by atoms with E-state index in [-0.39, 0.29) is 23.2 Å². The zero-order chi connectivity index (χ0) is 18.7. The molecule has 2 aromatic heterocycles. The van der Waals surface area contributed by atoms with Crippen LogP contribution in [-0.4, -0.2) is 37.4 Å². The van der Waals surface area contributed by atoms with Gasteiger partial charge in [0.05, 0.1) is 11.9 Å². The topological polar surface area (TPSA) is 137 Å². The number of nitrogen functional groups attached to an aromatic ring is 1. The van der Waals surface area contributed by atoms with Crippen molar-refractivity contribution in [3.63, 3.8) is 0 Å². The molecule has 3 rings (SSSR count). The first kappa shape index (κ1) is 17.3. The highest BCUT2D eigenvalue weighted by Gasteiger charge is 2.25. The number of aromatic nitrogens is 5. The van der Waals surface area contributed by atoms with Gasteiger partial charge < -0.3 is 5.73 Å². The van der Waals surface area contributed by atoms with Crippen LogP contribution in [0.3, 0.4) is 0 Å². The number of nitrogens with two attached hydrogens (primary N) is 1. The Labute approximate surface area is 149 Å². The largest absolute Gasteiger partial charge is 0.378 e. The quantitative estimate of drug-likeness (QED) is 0.522. The number of hydrazone groups is 1. The lowest BCUT2D eigenvalue weighted by Crippen LogP contribution is -2.21. The zero-order valence-electron chi connectivity index (χ0n) is 14.5. The van der Waals surface area contributed by atoms with Gasteiger partial charge in [0.1, 0.15) is 0 Å². The summed E-state index contributed by atoms with van der Waals surface area (Å²) in [7, 11) is 0. The SMILES string of the molecule is Cc1ccc(/C=N/NC(=O)c2nnn(-c3nonc3N)c2C(C)C)cc1. The molecule has 0 unspecified atom stereocenters. The van der Waals surface area contributed by atoms with Crippen LogP contribution in [0.15, 0.2) is 34.0 Å². The molecule has 3 aromatic rings. The van der Waals surface area contributed by atoms with Crippen LogP contribution < -0.4 is 11.2 Å². The van der Waals surface area contributed by atoms with E-state index in [4.69, 9.17) is 5.73 Å². The van der Waals surface area contributed by atoms with E-state index in [1.54, 1.807) is 6.21 Å². The summed E-state index contributed by atoms with van der Waals surface area (Å²) in [5, 5.41) is 19.1. The van der Waals surface area contributed by atoms with Crippen LogP contribution in [0, 0.1) is 6.92 Å². The Morgan fingerprint density at radius 3 is 2.65 bits per heavy atom. The summed E-state index contributed by atoms with van der Waals surface area (Å²) in [6, 6.07) is 7.73. The van der Waals surface area contributed by atoms with Gasteiger partial charge in [0, 0.05) is 0 Å². The summed E-state index contributed by atoms with van der Waals surface area (Å²) in [6.07, 6.45) is 1.55. The molecule has 0 fully saturated rings. The van der Waals surface area contributed by atoms with E-state index in [9.17, 15) is 4.79 Å². The van der Waals surface area contributed by atoms with Gasteiger partial charge in [-0.3, -0.25) is 4.79 Å². The summed E-state index contributed by atoms with van der Waals surface area (Å²) in [6.45, 7) is 5.78. The summed E-state index contributed by atoms with van der Waals surface area (Å²) >= 11 is 0. The smallest absolute Gasteiger partial charge is 0.293 e. The van der Waals surface area contributed by atoms with E-state index in [2.05, 4.69) is 35.8 Å². The van der Waals surface area contributed by atoms with Gasteiger partial charge in [-0.05, 0) is 28.7 Å². The molecule has 0 aliphatic rings. The van der Waals surface area contributed by atoms with Crippen molar-refractivity contribution in [1.82, 2.24) is 30.7 Å². The molecule has 0 aliphatic heterocycles. The second kappa shape index (κ2) is 7.13. The molecule has 0 saturated heterocycles. The van der Waals surface area contributed by atoms with E-state index >= 15 is 0 Å². The van der Waals surface area contributed by atoms with Crippen LogP contribution in [-0.2, 0) is 0 Å². The van der Waals surface area contributed by atoms with Gasteiger partial charge in [0.15, 0.2) is 5.69 Å². The number of nitrogens with zero attached hydrogens (tertiary/aromatic N) is 6. The fraction of sp³-hybridized carbons (Fsp3) is 0.250. The van der Waals surface area contributed by atoms with Crippen molar-refractivity contribution >= 4 is 17.9 Å². The number of carbonyl (C=O) groups is 1. The molecule has 0 bridgehead atoms. The van der Waals surface area contributed by atoms with Crippen molar-refractivity contribution in [1.29, 1.82) is 0 Å². The van der Waals surface area contributed by atoms with Gasteiger partial charge in [-0.15, -0.1) is 5.10 Å². The van der Waals surface area contributed by atoms with Crippen molar-refractivity contribution in [2.24, 2.45) is 5.10 Å². The molecule has 2 heterocycles. The van der Waals surface area contributed by atoms with Gasteiger partial charge in [-0.2, -0.15) is 9.78 Å². The van der Waals surface area contributed by atoms with Crippen LogP contribution in [0.2, 0.25) is 0 Å². The van der Waals surface area contributed by atoms with E-state index in [1.165, 1.54) is 4.68 Å². The minimum Gasteiger partial charge on any atom is -0.378 e. The molecule has 0 radical (unpaired) electrons. The predicted octanol–water partition coefficient (Wildman–Crippen LogP) is 1.43. The molecule has 1 aromatic carbocycles. The summed E-state index contributed by atoms with van der Waals surface area (Å²) in [5.41, 5.74) is 10.8. The Morgan fingerprint density at radius 2 is 2.04 bits per heavy atom. The Hall–Kier alpha value is -3.56. The minimum atomic E-state index is -0.488.